The van der Waals surface area contributed by atoms with Crippen LogP contribution in [-0.4, -0.2) is 53.7 Å². The van der Waals surface area contributed by atoms with Crippen LogP contribution in [-0.2, 0) is 9.59 Å². The van der Waals surface area contributed by atoms with E-state index < -0.39 is 5.97 Å². The van der Waals surface area contributed by atoms with Gasteiger partial charge in [0, 0.05) is 19.1 Å². The normalized spacial score (nSPS) is 15.2. The zero-order chi connectivity index (χ0) is 15.5. The van der Waals surface area contributed by atoms with Gasteiger partial charge < -0.3 is 21.1 Å². The Morgan fingerprint density at radius 3 is 2.33 bits per heavy atom. The smallest absolute Gasteiger partial charge is 0.315 e. The second-order valence-electron chi connectivity index (χ2n) is 4.97. The number of rotatable bonds is 8. The molecule has 8 heteroatoms. The lowest BCUT2D eigenvalue weighted by molar-refractivity contribution is -0.133. The zero-order valence-corrected chi connectivity index (χ0v) is 12.8. The first-order valence-corrected chi connectivity index (χ1v) is 8.34. The fraction of sp³-hybridized carbons (Fsp3) is 0.769. The Hall–Kier alpha value is -1.44. The summed E-state index contributed by atoms with van der Waals surface area (Å²) in [5.41, 5.74) is 0. The Balaban J connectivity index is 1.98. The Labute approximate surface area is 128 Å². The highest BCUT2D eigenvalue weighted by atomic mass is 32.2. The van der Waals surface area contributed by atoms with Crippen LogP contribution in [0.25, 0.3) is 0 Å². The molecule has 4 N–H and O–H groups in total. The van der Waals surface area contributed by atoms with Gasteiger partial charge in [-0.2, -0.15) is 0 Å². The molecule has 0 saturated heterocycles. The first-order valence-electron chi connectivity index (χ1n) is 7.18. The summed E-state index contributed by atoms with van der Waals surface area (Å²) in [5, 5.41) is 16.7. The van der Waals surface area contributed by atoms with Gasteiger partial charge in [-0.1, -0.05) is 19.3 Å². The summed E-state index contributed by atoms with van der Waals surface area (Å²) in [6, 6.07) is 0.0668. The largest absolute Gasteiger partial charge is 0.481 e. The van der Waals surface area contributed by atoms with Gasteiger partial charge in [-0.05, 0) is 12.8 Å². The number of hydrogen-bond acceptors (Lipinski definition) is 4. The molecule has 0 aromatic carbocycles. The van der Waals surface area contributed by atoms with E-state index in [2.05, 4.69) is 16.0 Å². The molecule has 0 aliphatic heterocycles. The average molecular weight is 317 g/mol. The van der Waals surface area contributed by atoms with Crippen LogP contribution in [0.3, 0.4) is 0 Å². The number of hydrogen-bond donors (Lipinski definition) is 4. The lowest BCUT2D eigenvalue weighted by Crippen LogP contribution is -2.45. The van der Waals surface area contributed by atoms with Crippen molar-refractivity contribution in [2.45, 2.75) is 38.1 Å². The molecule has 0 aromatic heterocycles. The maximum absolute atomic E-state index is 11.6. The van der Waals surface area contributed by atoms with E-state index in [0.717, 1.165) is 37.4 Å². The minimum atomic E-state index is -0.936. The molecule has 1 aliphatic carbocycles. The number of urea groups is 1. The molecule has 1 rings (SSSR count). The Morgan fingerprint density at radius 2 is 1.67 bits per heavy atom. The van der Waals surface area contributed by atoms with Crippen molar-refractivity contribution >= 4 is 29.7 Å². The average Bonchev–Trinajstić information content (AvgIpc) is 2.44. The fourth-order valence-electron chi connectivity index (χ4n) is 2.14. The summed E-state index contributed by atoms with van der Waals surface area (Å²) in [6.45, 7) is 0.693. The van der Waals surface area contributed by atoms with E-state index in [4.69, 9.17) is 5.11 Å². The molecular weight excluding hydrogens is 294 g/mol. The van der Waals surface area contributed by atoms with E-state index in [-0.39, 0.29) is 29.5 Å². The summed E-state index contributed by atoms with van der Waals surface area (Å²) in [7, 11) is 0. The molecule has 21 heavy (non-hydrogen) atoms. The minimum Gasteiger partial charge on any atom is -0.481 e. The van der Waals surface area contributed by atoms with Gasteiger partial charge >= 0.3 is 12.0 Å². The third-order valence-electron chi connectivity index (χ3n) is 3.13. The summed E-state index contributed by atoms with van der Waals surface area (Å²) >= 11 is 1.05. The van der Waals surface area contributed by atoms with Crippen LogP contribution in [0.4, 0.5) is 4.79 Å². The van der Waals surface area contributed by atoms with E-state index in [9.17, 15) is 14.4 Å². The van der Waals surface area contributed by atoms with Crippen molar-refractivity contribution in [2.24, 2.45) is 0 Å². The van der Waals surface area contributed by atoms with Crippen molar-refractivity contribution in [3.8, 4) is 0 Å². The van der Waals surface area contributed by atoms with Gasteiger partial charge in [-0.25, -0.2) is 4.79 Å². The van der Waals surface area contributed by atoms with Crippen molar-refractivity contribution in [1.29, 1.82) is 0 Å². The summed E-state index contributed by atoms with van der Waals surface area (Å²) < 4.78 is 0. The summed E-state index contributed by atoms with van der Waals surface area (Å²) in [6.07, 6.45) is 5.63. The van der Waals surface area contributed by atoms with Gasteiger partial charge in [0.15, 0.2) is 0 Å². The number of carbonyl (C=O) groups excluding carboxylic acids is 2. The maximum atomic E-state index is 11.6. The Morgan fingerprint density at radius 1 is 1.00 bits per heavy atom. The number of thioether (sulfide) groups is 1. The molecule has 0 spiro atoms. The molecule has 0 unspecified atom stereocenters. The number of carboxylic acids is 1. The third-order valence-corrected chi connectivity index (χ3v) is 4.05. The second-order valence-corrected chi connectivity index (χ2v) is 5.96. The van der Waals surface area contributed by atoms with Crippen LogP contribution in [0.1, 0.15) is 32.1 Å². The molecule has 0 atom stereocenters. The molecule has 3 amide bonds. The molecule has 1 saturated carbocycles. The van der Waals surface area contributed by atoms with Crippen LogP contribution < -0.4 is 16.0 Å². The van der Waals surface area contributed by atoms with E-state index >= 15 is 0 Å². The van der Waals surface area contributed by atoms with Crippen LogP contribution in [0, 0.1) is 0 Å². The lowest BCUT2D eigenvalue weighted by Gasteiger charge is -2.22. The molecule has 120 valence electrons. The number of amides is 3. The van der Waals surface area contributed by atoms with Gasteiger partial charge in [0.05, 0.1) is 11.5 Å². The highest BCUT2D eigenvalue weighted by Gasteiger charge is 2.15. The highest BCUT2D eigenvalue weighted by Crippen LogP contribution is 2.16. The van der Waals surface area contributed by atoms with Crippen LogP contribution in [0.5, 0.6) is 0 Å². The topological polar surface area (TPSA) is 108 Å². The van der Waals surface area contributed by atoms with Gasteiger partial charge in [0.1, 0.15) is 0 Å². The number of carboxylic acid groups (broad SMARTS) is 1. The fourth-order valence-corrected chi connectivity index (χ4v) is 2.71. The monoisotopic (exact) mass is 317 g/mol. The second kappa shape index (κ2) is 10.3. The van der Waals surface area contributed by atoms with Crippen molar-refractivity contribution in [1.82, 2.24) is 16.0 Å². The van der Waals surface area contributed by atoms with Crippen molar-refractivity contribution in [2.75, 3.05) is 24.6 Å². The predicted molar refractivity (Wildman–Crippen MR) is 81.4 cm³/mol. The third kappa shape index (κ3) is 9.17. The van der Waals surface area contributed by atoms with Crippen molar-refractivity contribution in [3.05, 3.63) is 0 Å². The molecule has 7 nitrogen and oxygen atoms in total. The van der Waals surface area contributed by atoms with Crippen LogP contribution >= 0.6 is 11.8 Å². The summed E-state index contributed by atoms with van der Waals surface area (Å²) in [5.74, 6) is -1.14. The predicted octanol–water partition coefficient (Wildman–Crippen LogP) is 0.552. The molecule has 0 radical (unpaired) electrons. The van der Waals surface area contributed by atoms with Gasteiger partial charge in [-0.15, -0.1) is 11.8 Å². The Kier molecular flexibility index (Phi) is 8.65. The van der Waals surface area contributed by atoms with Crippen molar-refractivity contribution in [3.63, 3.8) is 0 Å². The quantitative estimate of drug-likeness (QED) is 0.489. The molecule has 1 fully saturated rings. The van der Waals surface area contributed by atoms with Gasteiger partial charge in [0.2, 0.25) is 5.91 Å². The molecule has 1 aliphatic rings. The Bertz CT molecular complexity index is 359. The first-order chi connectivity index (χ1) is 10.1. The molecule has 0 bridgehead atoms. The van der Waals surface area contributed by atoms with Gasteiger partial charge in [-0.3, -0.25) is 9.59 Å². The van der Waals surface area contributed by atoms with Crippen molar-refractivity contribution < 1.29 is 19.5 Å². The molecule has 0 heterocycles. The van der Waals surface area contributed by atoms with Crippen LogP contribution in [0.15, 0.2) is 0 Å². The van der Waals surface area contributed by atoms with Gasteiger partial charge in [0.25, 0.3) is 0 Å². The standard InChI is InChI=1S/C13H23N3O4S/c17-11(8-21-9-12(18)19)14-6-7-15-13(20)16-10-4-2-1-3-5-10/h10H,1-9H2,(H,14,17)(H,18,19)(H2,15,16,20). The SMILES string of the molecule is O=C(O)CSCC(=O)NCCNC(=O)NC1CCCCC1. The summed E-state index contributed by atoms with van der Waals surface area (Å²) in [4.78, 5) is 33.2. The lowest BCUT2D eigenvalue weighted by atomic mass is 9.96. The van der Waals surface area contributed by atoms with E-state index in [1.807, 2.05) is 0 Å². The molecule has 0 aromatic rings. The van der Waals surface area contributed by atoms with E-state index in [0.29, 0.717) is 13.1 Å². The minimum absolute atomic E-state index is 0.0878. The van der Waals surface area contributed by atoms with E-state index in [1.165, 1.54) is 6.42 Å². The maximum Gasteiger partial charge on any atom is 0.315 e. The first kappa shape index (κ1) is 17.6. The van der Waals surface area contributed by atoms with Crippen LogP contribution in [0.2, 0.25) is 0 Å². The number of carbonyl (C=O) groups is 3. The molecular formula is C13H23N3O4S. The highest BCUT2D eigenvalue weighted by molar-refractivity contribution is 8.00. The number of aliphatic carboxylic acids is 1. The zero-order valence-electron chi connectivity index (χ0n) is 12.0. The number of nitrogens with one attached hydrogen (secondary N) is 3. The van der Waals surface area contributed by atoms with E-state index in [1.54, 1.807) is 0 Å².